The van der Waals surface area contributed by atoms with Crippen LogP contribution in [0.1, 0.15) is 30.9 Å². The normalized spacial score (nSPS) is 20.8. The summed E-state index contributed by atoms with van der Waals surface area (Å²) in [4.78, 5) is 21.3. The Balaban J connectivity index is 1.69. The third-order valence-electron chi connectivity index (χ3n) is 3.75. The summed E-state index contributed by atoms with van der Waals surface area (Å²) in [6.07, 6.45) is 5.31. The molecule has 90 valence electrons. The Morgan fingerprint density at radius 3 is 2.71 bits per heavy atom. The average molecular weight is 233 g/mol. The first-order valence-corrected chi connectivity index (χ1v) is 6.04. The van der Waals surface area contributed by atoms with Gasteiger partial charge in [-0.15, -0.1) is 0 Å². The van der Waals surface area contributed by atoms with Crippen LogP contribution in [0.5, 0.6) is 0 Å². The topological polar surface area (TPSA) is 66.3 Å². The maximum Gasteiger partial charge on any atom is 0.310 e. The fraction of sp³-hybridized carbons (Fsp3) is 0.583. The maximum absolute atomic E-state index is 10.7. The molecule has 5 heteroatoms. The lowest BCUT2D eigenvalue weighted by Crippen LogP contribution is -2.50. The number of anilines is 1. The SMILES string of the molecule is O=C(O)C1CN(c2cc(C3CCC3)ncn2)C1. The van der Waals surface area contributed by atoms with Crippen LogP contribution in [0, 0.1) is 5.92 Å². The van der Waals surface area contributed by atoms with Crippen molar-refractivity contribution in [1.82, 2.24) is 9.97 Å². The predicted octanol–water partition coefficient (Wildman–Crippen LogP) is 1.26. The third-order valence-corrected chi connectivity index (χ3v) is 3.75. The summed E-state index contributed by atoms with van der Waals surface area (Å²) < 4.78 is 0. The Hall–Kier alpha value is -1.65. The summed E-state index contributed by atoms with van der Waals surface area (Å²) in [5.41, 5.74) is 1.11. The van der Waals surface area contributed by atoms with Crippen molar-refractivity contribution in [2.75, 3.05) is 18.0 Å². The summed E-state index contributed by atoms with van der Waals surface area (Å²) in [6, 6.07) is 2.02. The fourth-order valence-corrected chi connectivity index (χ4v) is 2.28. The van der Waals surface area contributed by atoms with Crippen molar-refractivity contribution in [1.29, 1.82) is 0 Å². The standard InChI is InChI=1S/C12H15N3O2/c16-12(17)9-5-15(6-9)11-4-10(13-7-14-11)8-2-1-3-8/h4,7-9H,1-3,5-6H2,(H,16,17). The van der Waals surface area contributed by atoms with Crippen LogP contribution in [0.2, 0.25) is 0 Å². The average Bonchev–Trinajstić information content (AvgIpc) is 2.12. The molecule has 1 saturated heterocycles. The zero-order valence-corrected chi connectivity index (χ0v) is 9.54. The van der Waals surface area contributed by atoms with Crippen molar-refractivity contribution < 1.29 is 9.90 Å². The molecule has 17 heavy (non-hydrogen) atoms. The quantitative estimate of drug-likeness (QED) is 0.851. The minimum absolute atomic E-state index is 0.239. The molecule has 1 aromatic heterocycles. The molecule has 1 aliphatic carbocycles. The number of carbonyl (C=O) groups is 1. The maximum atomic E-state index is 10.7. The van der Waals surface area contributed by atoms with Crippen molar-refractivity contribution in [2.45, 2.75) is 25.2 Å². The number of hydrogen-bond acceptors (Lipinski definition) is 4. The van der Waals surface area contributed by atoms with E-state index in [0.717, 1.165) is 11.5 Å². The number of rotatable bonds is 3. The number of aliphatic carboxylic acids is 1. The van der Waals surface area contributed by atoms with E-state index in [1.165, 1.54) is 19.3 Å². The zero-order valence-electron chi connectivity index (χ0n) is 9.54. The van der Waals surface area contributed by atoms with E-state index >= 15 is 0 Å². The first kappa shape index (κ1) is 10.5. The first-order chi connectivity index (χ1) is 8.24. The molecular weight excluding hydrogens is 218 g/mol. The van der Waals surface area contributed by atoms with E-state index in [-0.39, 0.29) is 5.92 Å². The van der Waals surface area contributed by atoms with E-state index < -0.39 is 5.97 Å². The van der Waals surface area contributed by atoms with E-state index in [4.69, 9.17) is 5.11 Å². The van der Waals surface area contributed by atoms with Crippen molar-refractivity contribution in [3.8, 4) is 0 Å². The van der Waals surface area contributed by atoms with Crippen molar-refractivity contribution >= 4 is 11.8 Å². The highest BCUT2D eigenvalue weighted by atomic mass is 16.4. The van der Waals surface area contributed by atoms with Gasteiger partial charge in [-0.25, -0.2) is 9.97 Å². The lowest BCUT2D eigenvalue weighted by Gasteiger charge is -2.38. The number of carboxylic acid groups (broad SMARTS) is 1. The molecule has 0 atom stereocenters. The highest BCUT2D eigenvalue weighted by Gasteiger charge is 2.33. The second-order valence-electron chi connectivity index (χ2n) is 4.87. The minimum Gasteiger partial charge on any atom is -0.481 e. The van der Waals surface area contributed by atoms with Crippen molar-refractivity contribution in [2.24, 2.45) is 5.92 Å². The molecule has 2 fully saturated rings. The van der Waals surface area contributed by atoms with Gasteiger partial charge in [-0.3, -0.25) is 4.79 Å². The van der Waals surface area contributed by atoms with Gasteiger partial charge >= 0.3 is 5.97 Å². The van der Waals surface area contributed by atoms with E-state index in [1.54, 1.807) is 6.33 Å². The molecule has 0 bridgehead atoms. The summed E-state index contributed by atoms with van der Waals surface area (Å²) in [5, 5.41) is 8.83. The third kappa shape index (κ3) is 1.85. The predicted molar refractivity (Wildman–Crippen MR) is 62.0 cm³/mol. The molecule has 2 aliphatic rings. The Morgan fingerprint density at radius 1 is 1.35 bits per heavy atom. The van der Waals surface area contributed by atoms with Crippen LogP contribution in [0.15, 0.2) is 12.4 Å². The van der Waals surface area contributed by atoms with Gasteiger partial charge in [0.2, 0.25) is 0 Å². The molecule has 0 aromatic carbocycles. The molecule has 3 rings (SSSR count). The fourth-order valence-electron chi connectivity index (χ4n) is 2.28. The van der Waals surface area contributed by atoms with Gasteiger partial charge < -0.3 is 10.0 Å². The minimum atomic E-state index is -0.713. The van der Waals surface area contributed by atoms with E-state index in [1.807, 2.05) is 11.0 Å². The van der Waals surface area contributed by atoms with Gasteiger partial charge in [-0.05, 0) is 12.8 Å². The lowest BCUT2D eigenvalue weighted by atomic mass is 9.83. The van der Waals surface area contributed by atoms with Gasteiger partial charge in [0.05, 0.1) is 5.92 Å². The van der Waals surface area contributed by atoms with E-state index in [0.29, 0.717) is 19.0 Å². The van der Waals surface area contributed by atoms with Gasteiger partial charge in [0.15, 0.2) is 0 Å². The number of hydrogen-bond donors (Lipinski definition) is 1. The molecule has 1 aliphatic heterocycles. The molecule has 0 radical (unpaired) electrons. The number of carboxylic acids is 1. The largest absolute Gasteiger partial charge is 0.481 e. The van der Waals surface area contributed by atoms with Gasteiger partial charge in [-0.2, -0.15) is 0 Å². The molecule has 0 unspecified atom stereocenters. The first-order valence-electron chi connectivity index (χ1n) is 6.04. The lowest BCUT2D eigenvalue weighted by molar-refractivity contribution is -0.142. The van der Waals surface area contributed by atoms with Crippen molar-refractivity contribution in [3.05, 3.63) is 18.1 Å². The summed E-state index contributed by atoms with van der Waals surface area (Å²) >= 11 is 0. The Labute approximate surface area is 99.5 Å². The Bertz CT molecular complexity index is 439. The van der Waals surface area contributed by atoms with E-state index in [2.05, 4.69) is 9.97 Å². The van der Waals surface area contributed by atoms with Gasteiger partial charge in [0.1, 0.15) is 12.1 Å². The molecular formula is C12H15N3O2. The van der Waals surface area contributed by atoms with Gasteiger partial charge in [-0.1, -0.05) is 6.42 Å². The highest BCUT2D eigenvalue weighted by Crippen LogP contribution is 2.36. The van der Waals surface area contributed by atoms with E-state index in [9.17, 15) is 4.79 Å². The van der Waals surface area contributed by atoms with Crippen LogP contribution in [-0.2, 0) is 4.79 Å². The molecule has 0 spiro atoms. The van der Waals surface area contributed by atoms with Crippen LogP contribution in [-0.4, -0.2) is 34.1 Å². The van der Waals surface area contributed by atoms with Crippen molar-refractivity contribution in [3.63, 3.8) is 0 Å². The molecule has 1 saturated carbocycles. The Kier molecular flexibility index (Phi) is 2.46. The van der Waals surface area contributed by atoms with Crippen LogP contribution >= 0.6 is 0 Å². The molecule has 5 nitrogen and oxygen atoms in total. The van der Waals surface area contributed by atoms with Crippen LogP contribution in [0.25, 0.3) is 0 Å². The molecule has 1 aromatic rings. The summed E-state index contributed by atoms with van der Waals surface area (Å²) in [6.45, 7) is 1.13. The number of aromatic nitrogens is 2. The second kappa shape index (κ2) is 3.98. The van der Waals surface area contributed by atoms with Crippen LogP contribution < -0.4 is 4.90 Å². The van der Waals surface area contributed by atoms with Gasteiger partial charge in [0.25, 0.3) is 0 Å². The highest BCUT2D eigenvalue weighted by molar-refractivity contribution is 5.74. The smallest absolute Gasteiger partial charge is 0.310 e. The van der Waals surface area contributed by atoms with Crippen LogP contribution in [0.3, 0.4) is 0 Å². The second-order valence-corrected chi connectivity index (χ2v) is 4.87. The van der Waals surface area contributed by atoms with Gasteiger partial charge in [0, 0.05) is 30.8 Å². The monoisotopic (exact) mass is 233 g/mol. The summed E-state index contributed by atoms with van der Waals surface area (Å²) in [5.74, 6) is 0.513. The Morgan fingerprint density at radius 2 is 2.12 bits per heavy atom. The zero-order chi connectivity index (χ0) is 11.8. The number of nitrogens with zero attached hydrogens (tertiary/aromatic N) is 3. The van der Waals surface area contributed by atoms with Crippen LogP contribution in [0.4, 0.5) is 5.82 Å². The molecule has 0 amide bonds. The summed E-state index contributed by atoms with van der Waals surface area (Å²) in [7, 11) is 0. The molecule has 1 N–H and O–H groups in total. The molecule has 2 heterocycles.